The van der Waals surface area contributed by atoms with Crippen LogP contribution in [0.3, 0.4) is 0 Å². The number of hydrogen-bond acceptors (Lipinski definition) is 5. The second kappa shape index (κ2) is 8.65. The first-order valence-electron chi connectivity index (χ1n) is 10.1. The summed E-state index contributed by atoms with van der Waals surface area (Å²) >= 11 is 0. The zero-order chi connectivity index (χ0) is 22.9. The fourth-order valence-electron chi connectivity index (χ4n) is 3.83. The summed E-state index contributed by atoms with van der Waals surface area (Å²) in [4.78, 5) is 29.7. The Balaban J connectivity index is 1.63. The third kappa shape index (κ3) is 4.62. The molecular weight excluding hydrogens is 427 g/mol. The standard InChI is InChI=1S/C21H22F3N5O3/c22-21(23,24)13-2-3-14-16(28-20(31)29-7-5-26-6-8-29)10-17(32-18(14)9-13)12-1-4-15(19(25)30)27-11-12/h1-4,9,11,16-17,26H,5-8,10H2,(H2,25,30)(H,28,31). The summed E-state index contributed by atoms with van der Waals surface area (Å²) in [5.74, 6) is -0.650. The molecular formula is C21H22F3N5O3. The first-order chi connectivity index (χ1) is 15.2. The average Bonchev–Trinajstić information content (AvgIpc) is 2.78. The molecule has 11 heteroatoms. The Morgan fingerprint density at radius 3 is 2.56 bits per heavy atom. The molecule has 8 nitrogen and oxygen atoms in total. The topological polar surface area (TPSA) is 110 Å². The van der Waals surface area contributed by atoms with E-state index >= 15 is 0 Å². The lowest BCUT2D eigenvalue weighted by Crippen LogP contribution is -2.51. The van der Waals surface area contributed by atoms with E-state index in [9.17, 15) is 22.8 Å². The van der Waals surface area contributed by atoms with Gasteiger partial charge in [0.05, 0.1) is 11.6 Å². The van der Waals surface area contributed by atoms with E-state index in [1.165, 1.54) is 18.3 Å². The molecule has 4 rings (SSSR count). The first-order valence-corrected chi connectivity index (χ1v) is 10.1. The molecule has 170 valence electrons. The Morgan fingerprint density at radius 2 is 1.94 bits per heavy atom. The van der Waals surface area contributed by atoms with Crippen LogP contribution in [0, 0.1) is 0 Å². The molecule has 1 aromatic carbocycles. The minimum Gasteiger partial charge on any atom is -0.485 e. The van der Waals surface area contributed by atoms with Crippen molar-refractivity contribution in [2.75, 3.05) is 26.2 Å². The number of halogens is 3. The van der Waals surface area contributed by atoms with Gasteiger partial charge in [0.2, 0.25) is 0 Å². The Kier molecular flexibility index (Phi) is 5.92. The number of primary amides is 1. The van der Waals surface area contributed by atoms with E-state index in [4.69, 9.17) is 10.5 Å². The monoisotopic (exact) mass is 449 g/mol. The normalized spacial score (nSPS) is 20.8. The summed E-state index contributed by atoms with van der Waals surface area (Å²) in [6.07, 6.45) is -3.52. The number of hydrogen-bond donors (Lipinski definition) is 3. The number of ether oxygens (including phenoxy) is 1. The number of benzene rings is 1. The molecule has 3 heterocycles. The number of carbonyl (C=O) groups excluding carboxylic acids is 2. The van der Waals surface area contributed by atoms with Crippen LogP contribution in [0.1, 0.15) is 45.7 Å². The number of piperazine rings is 1. The number of nitrogens with two attached hydrogens (primary N) is 1. The summed E-state index contributed by atoms with van der Waals surface area (Å²) in [7, 11) is 0. The van der Waals surface area contributed by atoms with Crippen molar-refractivity contribution in [1.29, 1.82) is 0 Å². The highest BCUT2D eigenvalue weighted by Gasteiger charge is 2.36. The second-order valence-electron chi connectivity index (χ2n) is 7.67. The molecule has 4 N–H and O–H groups in total. The van der Waals surface area contributed by atoms with Crippen LogP contribution in [0.2, 0.25) is 0 Å². The highest BCUT2D eigenvalue weighted by atomic mass is 19.4. The molecule has 2 aromatic rings. The van der Waals surface area contributed by atoms with Crippen molar-refractivity contribution in [3.05, 3.63) is 58.9 Å². The van der Waals surface area contributed by atoms with Gasteiger partial charge in [0, 0.05) is 49.9 Å². The van der Waals surface area contributed by atoms with Gasteiger partial charge >= 0.3 is 12.2 Å². The largest absolute Gasteiger partial charge is 0.485 e. The molecule has 2 unspecified atom stereocenters. The predicted molar refractivity (Wildman–Crippen MR) is 108 cm³/mol. The fourth-order valence-corrected chi connectivity index (χ4v) is 3.83. The quantitative estimate of drug-likeness (QED) is 0.667. The van der Waals surface area contributed by atoms with Crippen molar-refractivity contribution in [2.45, 2.75) is 24.7 Å². The van der Waals surface area contributed by atoms with Crippen molar-refractivity contribution in [3.63, 3.8) is 0 Å². The van der Waals surface area contributed by atoms with Gasteiger partial charge in [-0.05, 0) is 18.2 Å². The Morgan fingerprint density at radius 1 is 1.19 bits per heavy atom. The number of carbonyl (C=O) groups is 2. The van der Waals surface area contributed by atoms with Gasteiger partial charge in [-0.15, -0.1) is 0 Å². The van der Waals surface area contributed by atoms with Crippen LogP contribution in [-0.4, -0.2) is 48.0 Å². The number of pyridine rings is 1. The lowest BCUT2D eigenvalue weighted by Gasteiger charge is -2.35. The van der Waals surface area contributed by atoms with E-state index < -0.39 is 29.8 Å². The summed E-state index contributed by atoms with van der Waals surface area (Å²) in [6.45, 7) is 2.42. The Labute approximate surface area is 181 Å². The highest BCUT2D eigenvalue weighted by Crippen LogP contribution is 2.43. The molecule has 32 heavy (non-hydrogen) atoms. The van der Waals surface area contributed by atoms with Crippen molar-refractivity contribution < 1.29 is 27.5 Å². The molecule has 2 aliphatic rings. The molecule has 1 fully saturated rings. The maximum atomic E-state index is 13.3. The third-order valence-corrected chi connectivity index (χ3v) is 5.55. The summed E-state index contributed by atoms with van der Waals surface area (Å²) in [5, 5.41) is 6.10. The molecule has 1 saturated heterocycles. The Bertz CT molecular complexity index is 1010. The van der Waals surface area contributed by atoms with E-state index in [1.807, 2.05) is 0 Å². The van der Waals surface area contributed by atoms with E-state index in [0.29, 0.717) is 37.3 Å². The first kappa shape index (κ1) is 21.9. The van der Waals surface area contributed by atoms with Crippen molar-refractivity contribution in [1.82, 2.24) is 20.5 Å². The van der Waals surface area contributed by atoms with Gasteiger partial charge < -0.3 is 26.0 Å². The van der Waals surface area contributed by atoms with Crippen LogP contribution in [0.5, 0.6) is 5.75 Å². The minimum atomic E-state index is -4.53. The summed E-state index contributed by atoms with van der Waals surface area (Å²) in [6, 6.07) is 5.43. The van der Waals surface area contributed by atoms with Crippen molar-refractivity contribution >= 4 is 11.9 Å². The SMILES string of the molecule is NC(=O)c1ccc(C2CC(NC(=O)N3CCNCC3)c3ccc(C(F)(F)F)cc3O2)cn1. The molecule has 0 radical (unpaired) electrons. The van der Waals surface area contributed by atoms with Gasteiger partial charge in [0.25, 0.3) is 5.91 Å². The molecule has 0 bridgehead atoms. The van der Waals surface area contributed by atoms with Crippen LogP contribution >= 0.6 is 0 Å². The molecule has 2 atom stereocenters. The molecule has 0 aliphatic carbocycles. The maximum Gasteiger partial charge on any atom is 0.416 e. The van der Waals surface area contributed by atoms with E-state index in [2.05, 4.69) is 15.6 Å². The number of rotatable bonds is 3. The number of nitrogens with zero attached hydrogens (tertiary/aromatic N) is 2. The number of nitrogens with one attached hydrogen (secondary N) is 2. The van der Waals surface area contributed by atoms with Crippen LogP contribution in [0.4, 0.5) is 18.0 Å². The van der Waals surface area contributed by atoms with Gasteiger partial charge in [0.15, 0.2) is 0 Å². The zero-order valence-corrected chi connectivity index (χ0v) is 17.0. The predicted octanol–water partition coefficient (Wildman–Crippen LogP) is 2.38. The highest BCUT2D eigenvalue weighted by molar-refractivity contribution is 5.90. The lowest BCUT2D eigenvalue weighted by molar-refractivity contribution is -0.137. The van der Waals surface area contributed by atoms with E-state index in [0.717, 1.165) is 12.1 Å². The molecule has 0 spiro atoms. The summed E-state index contributed by atoms with van der Waals surface area (Å²) in [5.41, 5.74) is 5.46. The van der Waals surface area contributed by atoms with Gasteiger partial charge in [-0.1, -0.05) is 12.1 Å². The van der Waals surface area contributed by atoms with Gasteiger partial charge in [-0.2, -0.15) is 13.2 Å². The van der Waals surface area contributed by atoms with E-state index in [1.54, 1.807) is 11.0 Å². The van der Waals surface area contributed by atoms with Crippen molar-refractivity contribution in [3.8, 4) is 5.75 Å². The molecule has 3 amide bonds. The summed E-state index contributed by atoms with van der Waals surface area (Å²) < 4.78 is 45.6. The van der Waals surface area contributed by atoms with Gasteiger partial charge in [-0.3, -0.25) is 9.78 Å². The lowest BCUT2D eigenvalue weighted by atomic mass is 9.92. The smallest absolute Gasteiger partial charge is 0.416 e. The van der Waals surface area contributed by atoms with Crippen LogP contribution < -0.4 is 21.1 Å². The molecule has 0 saturated carbocycles. The number of amides is 3. The Hall–Kier alpha value is -3.34. The third-order valence-electron chi connectivity index (χ3n) is 5.55. The molecule has 2 aliphatic heterocycles. The number of alkyl halides is 3. The second-order valence-corrected chi connectivity index (χ2v) is 7.67. The van der Waals surface area contributed by atoms with Crippen LogP contribution in [0.15, 0.2) is 36.5 Å². The zero-order valence-electron chi connectivity index (χ0n) is 17.0. The minimum absolute atomic E-state index is 0.0423. The number of aromatic nitrogens is 1. The number of fused-ring (bicyclic) bond motifs is 1. The fraction of sp³-hybridized carbons (Fsp3) is 0.381. The van der Waals surface area contributed by atoms with Gasteiger partial charge in [0.1, 0.15) is 17.5 Å². The van der Waals surface area contributed by atoms with Crippen LogP contribution in [0.25, 0.3) is 0 Å². The average molecular weight is 449 g/mol. The number of urea groups is 1. The van der Waals surface area contributed by atoms with Crippen molar-refractivity contribution in [2.24, 2.45) is 5.73 Å². The van der Waals surface area contributed by atoms with E-state index in [-0.39, 0.29) is 23.9 Å². The van der Waals surface area contributed by atoms with Gasteiger partial charge in [-0.25, -0.2) is 4.79 Å². The molecule has 1 aromatic heterocycles. The van der Waals surface area contributed by atoms with Crippen LogP contribution in [-0.2, 0) is 6.18 Å². The maximum absolute atomic E-state index is 13.3.